The zero-order valence-electron chi connectivity index (χ0n) is 13.2. The van der Waals surface area contributed by atoms with Crippen molar-refractivity contribution in [2.24, 2.45) is 0 Å². The van der Waals surface area contributed by atoms with Crippen LogP contribution in [0.15, 0.2) is 30.3 Å². The molecule has 1 saturated heterocycles. The monoisotopic (exact) mass is 322 g/mol. The van der Waals surface area contributed by atoms with Crippen LogP contribution in [0.3, 0.4) is 0 Å². The fourth-order valence-electron chi connectivity index (χ4n) is 2.33. The average Bonchev–Trinajstić information content (AvgIpc) is 2.58. The molecule has 1 aliphatic rings. The Bertz CT molecular complexity index is 522. The first-order valence-electron chi connectivity index (χ1n) is 7.57. The molecule has 1 heterocycles. The van der Waals surface area contributed by atoms with Crippen molar-refractivity contribution in [1.82, 2.24) is 9.80 Å². The van der Waals surface area contributed by atoms with Gasteiger partial charge in [-0.15, -0.1) is 0 Å². The molecule has 1 aromatic rings. The Hall–Kier alpha value is -2.28. The van der Waals surface area contributed by atoms with Crippen LogP contribution in [0.2, 0.25) is 0 Å². The second-order valence-corrected chi connectivity index (χ2v) is 5.47. The summed E-state index contributed by atoms with van der Waals surface area (Å²) in [5.74, 6) is 0. The van der Waals surface area contributed by atoms with Crippen LogP contribution in [0.1, 0.15) is 12.0 Å². The van der Waals surface area contributed by atoms with E-state index in [1.165, 1.54) is 9.80 Å². The van der Waals surface area contributed by atoms with E-state index in [9.17, 15) is 9.59 Å². The fourth-order valence-corrected chi connectivity index (χ4v) is 2.33. The van der Waals surface area contributed by atoms with Gasteiger partial charge >= 0.3 is 12.2 Å². The quantitative estimate of drug-likeness (QED) is 0.897. The van der Waals surface area contributed by atoms with Gasteiger partial charge in [-0.25, -0.2) is 9.59 Å². The Balaban J connectivity index is 1.70. The summed E-state index contributed by atoms with van der Waals surface area (Å²) in [7, 11) is 1.66. The van der Waals surface area contributed by atoms with E-state index >= 15 is 0 Å². The molecule has 126 valence electrons. The number of ether oxygens (including phenoxy) is 2. The molecule has 1 fully saturated rings. The van der Waals surface area contributed by atoms with Gasteiger partial charge in [-0.3, -0.25) is 0 Å². The fraction of sp³-hybridized carbons (Fsp3) is 0.500. The number of amides is 2. The molecule has 0 aliphatic carbocycles. The molecule has 1 N–H and O–H groups in total. The average molecular weight is 322 g/mol. The highest BCUT2D eigenvalue weighted by Crippen LogP contribution is 2.10. The number of carbonyl (C=O) groups excluding carboxylic acids is 1. The van der Waals surface area contributed by atoms with Crippen LogP contribution in [-0.4, -0.2) is 66.5 Å². The number of rotatable bonds is 5. The molecule has 1 aliphatic heterocycles. The van der Waals surface area contributed by atoms with Crippen molar-refractivity contribution in [3.05, 3.63) is 35.9 Å². The number of nitrogens with zero attached hydrogens (tertiary/aromatic N) is 2. The smallest absolute Gasteiger partial charge is 0.409 e. The van der Waals surface area contributed by atoms with Crippen molar-refractivity contribution in [2.45, 2.75) is 19.1 Å². The van der Waals surface area contributed by atoms with Crippen molar-refractivity contribution >= 4 is 12.2 Å². The van der Waals surface area contributed by atoms with Gasteiger partial charge in [0.2, 0.25) is 0 Å². The van der Waals surface area contributed by atoms with Crippen molar-refractivity contribution in [2.75, 3.05) is 33.3 Å². The zero-order chi connectivity index (χ0) is 16.7. The number of carboxylic acid groups (broad SMARTS) is 1. The summed E-state index contributed by atoms with van der Waals surface area (Å²) in [6, 6.07) is 9.47. The van der Waals surface area contributed by atoms with Crippen molar-refractivity contribution < 1.29 is 24.2 Å². The lowest BCUT2D eigenvalue weighted by Crippen LogP contribution is -2.46. The molecular formula is C16H22N2O5. The summed E-state index contributed by atoms with van der Waals surface area (Å²) in [6.45, 7) is 1.80. The van der Waals surface area contributed by atoms with Crippen LogP contribution in [0, 0.1) is 0 Å². The number of hydrogen-bond acceptors (Lipinski definition) is 4. The zero-order valence-corrected chi connectivity index (χ0v) is 13.2. The summed E-state index contributed by atoms with van der Waals surface area (Å²) >= 11 is 0. The Kier molecular flexibility index (Phi) is 6.22. The highest BCUT2D eigenvalue weighted by atomic mass is 16.6. The van der Waals surface area contributed by atoms with E-state index in [0.29, 0.717) is 32.7 Å². The minimum atomic E-state index is -0.936. The molecule has 7 heteroatoms. The van der Waals surface area contributed by atoms with E-state index < -0.39 is 12.2 Å². The highest BCUT2D eigenvalue weighted by Gasteiger charge is 2.24. The topological polar surface area (TPSA) is 79.3 Å². The maximum Gasteiger partial charge on any atom is 0.409 e. The third-order valence-corrected chi connectivity index (χ3v) is 3.71. The molecule has 0 bridgehead atoms. The first-order valence-corrected chi connectivity index (χ1v) is 7.57. The summed E-state index contributed by atoms with van der Waals surface area (Å²) in [5, 5.41) is 8.99. The minimum absolute atomic E-state index is 0.191. The molecule has 23 heavy (non-hydrogen) atoms. The van der Waals surface area contributed by atoms with Gasteiger partial charge in [-0.1, -0.05) is 30.3 Å². The molecule has 0 spiro atoms. The number of benzene rings is 1. The third kappa shape index (κ3) is 5.45. The Morgan fingerprint density at radius 1 is 1.39 bits per heavy atom. The second kappa shape index (κ2) is 8.38. The van der Waals surface area contributed by atoms with Gasteiger partial charge in [0.05, 0.1) is 19.3 Å². The summed E-state index contributed by atoms with van der Waals surface area (Å²) in [5.41, 5.74) is 0.932. The number of morpholine rings is 1. The van der Waals surface area contributed by atoms with Crippen molar-refractivity contribution in [1.29, 1.82) is 0 Å². The standard InChI is InChI=1S/C16H22N2O5/c1-17(16(21)23-12-13-5-3-2-4-6-13)8-7-14-11-18(15(19)20)9-10-22-14/h2-6,14H,7-12H2,1H3,(H,19,20)/t14-/m0/s1. The normalized spacial score (nSPS) is 17.6. The lowest BCUT2D eigenvalue weighted by Gasteiger charge is -2.31. The predicted octanol–water partition coefficient (Wildman–Crippen LogP) is 2.02. The number of hydrogen-bond donors (Lipinski definition) is 1. The van der Waals surface area contributed by atoms with Gasteiger partial charge in [-0.2, -0.15) is 0 Å². The SMILES string of the molecule is CN(CC[C@H]1CN(C(=O)O)CCO1)C(=O)OCc1ccccc1. The van der Waals surface area contributed by atoms with Crippen molar-refractivity contribution in [3.63, 3.8) is 0 Å². The molecule has 0 saturated carbocycles. The lowest BCUT2D eigenvalue weighted by molar-refractivity contribution is -0.0281. The molecule has 0 unspecified atom stereocenters. The van der Waals surface area contributed by atoms with E-state index in [0.717, 1.165) is 5.56 Å². The Morgan fingerprint density at radius 2 is 2.13 bits per heavy atom. The van der Waals surface area contributed by atoms with Crippen LogP contribution < -0.4 is 0 Å². The van der Waals surface area contributed by atoms with Crippen LogP contribution in [0.25, 0.3) is 0 Å². The molecule has 1 aromatic carbocycles. The molecular weight excluding hydrogens is 300 g/mol. The van der Waals surface area contributed by atoms with Crippen LogP contribution in [-0.2, 0) is 16.1 Å². The van der Waals surface area contributed by atoms with E-state index in [1.807, 2.05) is 30.3 Å². The van der Waals surface area contributed by atoms with E-state index in [2.05, 4.69) is 0 Å². The van der Waals surface area contributed by atoms with Crippen LogP contribution in [0.5, 0.6) is 0 Å². The van der Waals surface area contributed by atoms with E-state index in [-0.39, 0.29) is 12.7 Å². The van der Waals surface area contributed by atoms with Gasteiger partial charge in [0.1, 0.15) is 6.61 Å². The van der Waals surface area contributed by atoms with Crippen LogP contribution >= 0.6 is 0 Å². The van der Waals surface area contributed by atoms with Gasteiger partial charge in [-0.05, 0) is 12.0 Å². The Morgan fingerprint density at radius 3 is 2.83 bits per heavy atom. The maximum atomic E-state index is 11.9. The lowest BCUT2D eigenvalue weighted by atomic mass is 10.2. The molecule has 7 nitrogen and oxygen atoms in total. The molecule has 1 atom stereocenters. The molecule has 2 amide bonds. The first-order chi connectivity index (χ1) is 11.1. The molecule has 2 rings (SSSR count). The van der Waals surface area contributed by atoms with Gasteiger partial charge in [0.25, 0.3) is 0 Å². The Labute approximate surface area is 135 Å². The van der Waals surface area contributed by atoms with Crippen LogP contribution in [0.4, 0.5) is 9.59 Å². The molecule has 0 radical (unpaired) electrons. The largest absolute Gasteiger partial charge is 0.465 e. The maximum absolute atomic E-state index is 11.9. The van der Waals surface area contributed by atoms with Gasteiger partial charge < -0.3 is 24.4 Å². The molecule has 0 aromatic heterocycles. The predicted molar refractivity (Wildman–Crippen MR) is 83.2 cm³/mol. The van der Waals surface area contributed by atoms with E-state index in [1.54, 1.807) is 7.05 Å². The van der Waals surface area contributed by atoms with E-state index in [4.69, 9.17) is 14.6 Å². The third-order valence-electron chi connectivity index (χ3n) is 3.71. The minimum Gasteiger partial charge on any atom is -0.465 e. The summed E-state index contributed by atoms with van der Waals surface area (Å²) < 4.78 is 10.8. The van der Waals surface area contributed by atoms with Gasteiger partial charge in [0, 0.05) is 20.1 Å². The summed E-state index contributed by atoms with van der Waals surface area (Å²) in [4.78, 5) is 25.7. The van der Waals surface area contributed by atoms with Gasteiger partial charge in [0.15, 0.2) is 0 Å². The summed E-state index contributed by atoms with van der Waals surface area (Å²) in [6.07, 6.45) is -0.960. The number of carbonyl (C=O) groups is 2. The van der Waals surface area contributed by atoms with Crippen molar-refractivity contribution in [3.8, 4) is 0 Å². The first kappa shape index (κ1) is 17.1. The second-order valence-electron chi connectivity index (χ2n) is 5.47. The highest BCUT2D eigenvalue weighted by molar-refractivity contribution is 5.67.